The van der Waals surface area contributed by atoms with Gasteiger partial charge in [-0.2, -0.15) is 0 Å². The Morgan fingerprint density at radius 2 is 0.941 bits per heavy atom. The first-order valence-electron chi connectivity index (χ1n) is 11.4. The standard InChI is InChI=1S/C31H27N3/c1-23-7-15-27(16-8-23)33-28-17-9-24(10-18-28)25-11-19-30(20-12-25)34(29-5-3-2-4-6-29)31-21-13-26(32)14-22-31/h2-22,33H,32H2,1H3. The molecule has 0 bridgehead atoms. The van der Waals surface area contributed by atoms with E-state index in [-0.39, 0.29) is 0 Å². The molecule has 0 saturated carbocycles. The fourth-order valence-corrected chi connectivity index (χ4v) is 4.00. The van der Waals surface area contributed by atoms with Crippen molar-refractivity contribution < 1.29 is 0 Å². The highest BCUT2D eigenvalue weighted by molar-refractivity contribution is 5.79. The van der Waals surface area contributed by atoms with E-state index in [1.807, 2.05) is 18.2 Å². The van der Waals surface area contributed by atoms with Crippen LogP contribution in [0, 0.1) is 6.92 Å². The van der Waals surface area contributed by atoms with Crippen LogP contribution in [0.4, 0.5) is 34.1 Å². The van der Waals surface area contributed by atoms with Crippen LogP contribution in [0.5, 0.6) is 0 Å². The lowest BCUT2D eigenvalue weighted by Crippen LogP contribution is -2.09. The fourth-order valence-electron chi connectivity index (χ4n) is 4.00. The van der Waals surface area contributed by atoms with E-state index >= 15 is 0 Å². The molecule has 3 heteroatoms. The van der Waals surface area contributed by atoms with Crippen molar-refractivity contribution in [1.29, 1.82) is 0 Å². The Morgan fingerprint density at radius 1 is 0.500 bits per heavy atom. The molecule has 0 saturated heterocycles. The van der Waals surface area contributed by atoms with Crippen molar-refractivity contribution >= 4 is 34.1 Å². The summed E-state index contributed by atoms with van der Waals surface area (Å²) in [5, 5.41) is 3.46. The van der Waals surface area contributed by atoms with Crippen LogP contribution in [0.15, 0.2) is 127 Å². The van der Waals surface area contributed by atoms with Gasteiger partial charge in [-0.25, -0.2) is 0 Å². The summed E-state index contributed by atoms with van der Waals surface area (Å²) in [5.74, 6) is 0. The first kappa shape index (κ1) is 21.4. The van der Waals surface area contributed by atoms with Gasteiger partial charge in [0.1, 0.15) is 0 Å². The normalized spacial score (nSPS) is 10.6. The van der Waals surface area contributed by atoms with Crippen LogP contribution in [0.25, 0.3) is 11.1 Å². The van der Waals surface area contributed by atoms with Gasteiger partial charge >= 0.3 is 0 Å². The van der Waals surface area contributed by atoms with E-state index in [0.29, 0.717) is 0 Å². The zero-order chi connectivity index (χ0) is 23.3. The second-order valence-electron chi connectivity index (χ2n) is 8.38. The Kier molecular flexibility index (Phi) is 6.00. The summed E-state index contributed by atoms with van der Waals surface area (Å²) < 4.78 is 0. The van der Waals surface area contributed by atoms with Gasteiger partial charge < -0.3 is 16.0 Å². The highest BCUT2D eigenvalue weighted by atomic mass is 15.1. The molecule has 0 aliphatic heterocycles. The van der Waals surface area contributed by atoms with Crippen LogP contribution in [0.3, 0.4) is 0 Å². The topological polar surface area (TPSA) is 41.3 Å². The maximum absolute atomic E-state index is 5.93. The van der Waals surface area contributed by atoms with Gasteiger partial charge in [0.25, 0.3) is 0 Å². The number of nitrogens with one attached hydrogen (secondary N) is 1. The highest BCUT2D eigenvalue weighted by Crippen LogP contribution is 2.35. The Labute approximate surface area is 201 Å². The monoisotopic (exact) mass is 441 g/mol. The average Bonchev–Trinajstić information content (AvgIpc) is 2.88. The SMILES string of the molecule is Cc1ccc(Nc2ccc(-c3ccc(N(c4ccccc4)c4ccc(N)cc4)cc3)cc2)cc1. The second kappa shape index (κ2) is 9.55. The van der Waals surface area contributed by atoms with E-state index in [2.05, 4.69) is 126 Å². The lowest BCUT2D eigenvalue weighted by Gasteiger charge is -2.25. The first-order chi connectivity index (χ1) is 16.7. The quantitative estimate of drug-likeness (QED) is 0.260. The number of aryl methyl sites for hydroxylation is 1. The van der Waals surface area contributed by atoms with Gasteiger partial charge in [0.2, 0.25) is 0 Å². The van der Waals surface area contributed by atoms with Crippen molar-refractivity contribution in [3.05, 3.63) is 133 Å². The number of benzene rings is 5. The first-order valence-corrected chi connectivity index (χ1v) is 11.4. The lowest BCUT2D eigenvalue weighted by molar-refractivity contribution is 1.28. The molecule has 5 aromatic rings. The summed E-state index contributed by atoms with van der Waals surface area (Å²) in [6, 6.07) is 44.0. The van der Waals surface area contributed by atoms with Crippen molar-refractivity contribution in [1.82, 2.24) is 0 Å². The summed E-state index contributed by atoms with van der Waals surface area (Å²) in [6.45, 7) is 2.10. The molecule has 0 aliphatic carbocycles. The summed E-state index contributed by atoms with van der Waals surface area (Å²) in [5.41, 5.74) is 15.7. The molecule has 0 radical (unpaired) electrons. The highest BCUT2D eigenvalue weighted by Gasteiger charge is 2.12. The molecule has 34 heavy (non-hydrogen) atoms. The van der Waals surface area contributed by atoms with Gasteiger partial charge in [-0.3, -0.25) is 0 Å². The second-order valence-corrected chi connectivity index (χ2v) is 8.38. The minimum absolute atomic E-state index is 0.757. The van der Waals surface area contributed by atoms with Crippen molar-refractivity contribution in [2.45, 2.75) is 6.92 Å². The van der Waals surface area contributed by atoms with E-state index in [1.54, 1.807) is 0 Å². The number of rotatable bonds is 6. The minimum atomic E-state index is 0.757. The molecule has 3 N–H and O–H groups in total. The van der Waals surface area contributed by atoms with Crippen molar-refractivity contribution in [3.8, 4) is 11.1 Å². The van der Waals surface area contributed by atoms with Crippen molar-refractivity contribution in [2.75, 3.05) is 16.0 Å². The van der Waals surface area contributed by atoms with Gasteiger partial charge in [0.05, 0.1) is 0 Å². The maximum Gasteiger partial charge on any atom is 0.0463 e. The Balaban J connectivity index is 1.39. The molecular formula is C31H27N3. The van der Waals surface area contributed by atoms with Crippen LogP contribution < -0.4 is 16.0 Å². The number of nitrogens with zero attached hydrogens (tertiary/aromatic N) is 1. The van der Waals surface area contributed by atoms with Crippen LogP contribution in [-0.4, -0.2) is 0 Å². The van der Waals surface area contributed by atoms with Gasteiger partial charge in [-0.1, -0.05) is 60.2 Å². The molecule has 0 unspecified atom stereocenters. The number of hydrogen-bond donors (Lipinski definition) is 2. The van der Waals surface area contributed by atoms with E-state index < -0.39 is 0 Å². The predicted octanol–water partition coefficient (Wildman–Crippen LogP) is 8.46. The maximum atomic E-state index is 5.93. The Hall–Kier alpha value is -4.50. The molecule has 166 valence electrons. The zero-order valence-electron chi connectivity index (χ0n) is 19.1. The largest absolute Gasteiger partial charge is 0.399 e. The number of hydrogen-bond acceptors (Lipinski definition) is 3. The molecule has 0 atom stereocenters. The lowest BCUT2D eigenvalue weighted by atomic mass is 10.0. The van der Waals surface area contributed by atoms with Gasteiger partial charge in [-0.15, -0.1) is 0 Å². The number of nitrogens with two attached hydrogens (primary N) is 1. The Bertz CT molecular complexity index is 1340. The Morgan fingerprint density at radius 3 is 1.50 bits per heavy atom. The van der Waals surface area contributed by atoms with E-state index in [9.17, 15) is 0 Å². The third-order valence-corrected chi connectivity index (χ3v) is 5.85. The molecule has 0 spiro atoms. The van der Waals surface area contributed by atoms with Crippen LogP contribution >= 0.6 is 0 Å². The molecule has 0 aromatic heterocycles. The van der Waals surface area contributed by atoms with Gasteiger partial charge in [0, 0.05) is 34.1 Å². The third-order valence-electron chi connectivity index (χ3n) is 5.85. The minimum Gasteiger partial charge on any atom is -0.399 e. The summed E-state index contributed by atoms with van der Waals surface area (Å²) >= 11 is 0. The summed E-state index contributed by atoms with van der Waals surface area (Å²) in [7, 11) is 0. The molecule has 0 amide bonds. The molecule has 3 nitrogen and oxygen atoms in total. The predicted molar refractivity (Wildman–Crippen MR) is 145 cm³/mol. The van der Waals surface area contributed by atoms with Crippen LogP contribution in [-0.2, 0) is 0 Å². The molecular weight excluding hydrogens is 414 g/mol. The summed E-state index contributed by atoms with van der Waals surface area (Å²) in [6.07, 6.45) is 0. The van der Waals surface area contributed by atoms with Crippen LogP contribution in [0.2, 0.25) is 0 Å². The van der Waals surface area contributed by atoms with Gasteiger partial charge in [-0.05, 0) is 90.8 Å². The number of anilines is 6. The van der Waals surface area contributed by atoms with E-state index in [0.717, 1.165) is 34.1 Å². The van der Waals surface area contributed by atoms with Crippen molar-refractivity contribution in [3.63, 3.8) is 0 Å². The molecule has 0 heterocycles. The van der Waals surface area contributed by atoms with Crippen LogP contribution in [0.1, 0.15) is 5.56 Å². The molecule has 5 aromatic carbocycles. The molecule has 0 aliphatic rings. The van der Waals surface area contributed by atoms with Crippen molar-refractivity contribution in [2.24, 2.45) is 0 Å². The zero-order valence-corrected chi connectivity index (χ0v) is 19.1. The van der Waals surface area contributed by atoms with Gasteiger partial charge in [0.15, 0.2) is 0 Å². The number of para-hydroxylation sites is 1. The van der Waals surface area contributed by atoms with E-state index in [1.165, 1.54) is 16.7 Å². The van der Waals surface area contributed by atoms with E-state index in [4.69, 9.17) is 5.73 Å². The molecule has 5 rings (SSSR count). The third kappa shape index (κ3) is 4.79. The molecule has 0 fully saturated rings. The number of nitrogen functional groups attached to an aromatic ring is 1. The average molecular weight is 442 g/mol. The smallest absolute Gasteiger partial charge is 0.0463 e. The fraction of sp³-hybridized carbons (Fsp3) is 0.0323. The summed E-state index contributed by atoms with van der Waals surface area (Å²) in [4.78, 5) is 2.23.